The van der Waals surface area contributed by atoms with Crippen molar-refractivity contribution >= 4 is 40.9 Å². The van der Waals surface area contributed by atoms with E-state index in [0.29, 0.717) is 47.2 Å². The number of carbonyl (C=O) groups excluding carboxylic acids is 2. The van der Waals surface area contributed by atoms with E-state index in [4.69, 9.17) is 32.7 Å². The zero-order valence-corrected chi connectivity index (χ0v) is 23.0. The fraction of sp³-hybridized carbons (Fsp3) is 0.300. The molecule has 2 aliphatic heterocycles. The average molecular weight is 586 g/mol. The SMILES string of the molecule is CO[C@]1(c2ccc(Cl)cc2)c2c(F)cc(C(=O)C3CCOCC3)cc2C(=O)N1[C@@H](CC(=O)O)c1ccc(Cl)cc1. The largest absolute Gasteiger partial charge is 0.481 e. The van der Waals surface area contributed by atoms with Crippen molar-refractivity contribution in [2.75, 3.05) is 20.3 Å². The van der Waals surface area contributed by atoms with Crippen LogP contribution in [-0.2, 0) is 20.0 Å². The molecular weight excluding hydrogens is 560 g/mol. The Morgan fingerprint density at radius 2 is 1.68 bits per heavy atom. The van der Waals surface area contributed by atoms with Crippen molar-refractivity contribution in [1.29, 1.82) is 0 Å². The first-order valence-electron chi connectivity index (χ1n) is 12.8. The van der Waals surface area contributed by atoms with E-state index in [1.165, 1.54) is 18.1 Å². The second-order valence-electron chi connectivity index (χ2n) is 9.83. The molecule has 0 saturated carbocycles. The lowest BCUT2D eigenvalue weighted by atomic mass is 9.87. The first-order chi connectivity index (χ1) is 19.2. The van der Waals surface area contributed by atoms with E-state index in [-0.39, 0.29) is 28.4 Å². The summed E-state index contributed by atoms with van der Waals surface area (Å²) in [5.41, 5.74) is -1.14. The van der Waals surface area contributed by atoms with Gasteiger partial charge in [-0.2, -0.15) is 0 Å². The Morgan fingerprint density at radius 3 is 2.25 bits per heavy atom. The molecule has 208 valence electrons. The van der Waals surface area contributed by atoms with Gasteiger partial charge in [0.1, 0.15) is 5.82 Å². The van der Waals surface area contributed by atoms with E-state index in [1.54, 1.807) is 48.5 Å². The summed E-state index contributed by atoms with van der Waals surface area (Å²) in [6.45, 7) is 0.857. The number of benzene rings is 3. The first-order valence-corrected chi connectivity index (χ1v) is 13.5. The van der Waals surface area contributed by atoms with Gasteiger partial charge in [0.05, 0.1) is 23.6 Å². The molecule has 2 heterocycles. The normalized spacial score (nSPS) is 19.9. The molecule has 3 aromatic carbocycles. The molecule has 0 radical (unpaired) electrons. The minimum atomic E-state index is -1.86. The predicted octanol–water partition coefficient (Wildman–Crippen LogP) is 6.26. The Morgan fingerprint density at radius 1 is 1.07 bits per heavy atom. The average Bonchev–Trinajstić information content (AvgIpc) is 3.21. The van der Waals surface area contributed by atoms with Gasteiger partial charge in [-0.3, -0.25) is 19.3 Å². The molecule has 0 spiro atoms. The van der Waals surface area contributed by atoms with Gasteiger partial charge in [-0.25, -0.2) is 4.39 Å². The fourth-order valence-corrected chi connectivity index (χ4v) is 5.95. The van der Waals surface area contributed by atoms with Gasteiger partial charge in [-0.05, 0) is 54.8 Å². The molecule has 0 aliphatic carbocycles. The Hall–Kier alpha value is -3.30. The van der Waals surface area contributed by atoms with Crippen LogP contribution in [0.4, 0.5) is 4.39 Å². The number of fused-ring (bicyclic) bond motifs is 1. The van der Waals surface area contributed by atoms with Gasteiger partial charge < -0.3 is 14.6 Å². The maximum Gasteiger partial charge on any atom is 0.305 e. The molecule has 1 fully saturated rings. The summed E-state index contributed by atoms with van der Waals surface area (Å²) in [5.74, 6) is -3.29. The van der Waals surface area contributed by atoms with Crippen molar-refractivity contribution < 1.29 is 33.4 Å². The third kappa shape index (κ3) is 4.90. The van der Waals surface area contributed by atoms with E-state index in [9.17, 15) is 19.5 Å². The molecule has 1 amide bonds. The molecule has 0 bridgehead atoms. The van der Waals surface area contributed by atoms with E-state index in [0.717, 1.165) is 6.07 Å². The van der Waals surface area contributed by atoms with Gasteiger partial charge in [0.15, 0.2) is 11.5 Å². The summed E-state index contributed by atoms with van der Waals surface area (Å²) in [4.78, 5) is 40.9. The molecule has 0 aromatic heterocycles. The third-order valence-corrected chi connectivity index (χ3v) is 8.06. The van der Waals surface area contributed by atoms with Crippen LogP contribution in [0.25, 0.3) is 0 Å². The number of carbonyl (C=O) groups is 3. The first kappa shape index (κ1) is 28.2. The summed E-state index contributed by atoms with van der Waals surface area (Å²) >= 11 is 12.2. The second kappa shape index (κ2) is 11.3. The fourth-order valence-electron chi connectivity index (χ4n) is 5.70. The second-order valence-corrected chi connectivity index (χ2v) is 10.7. The Kier molecular flexibility index (Phi) is 7.97. The lowest BCUT2D eigenvalue weighted by Crippen LogP contribution is -2.49. The van der Waals surface area contributed by atoms with Gasteiger partial charge in [0, 0.05) is 47.4 Å². The smallest absolute Gasteiger partial charge is 0.305 e. The molecule has 40 heavy (non-hydrogen) atoms. The molecule has 1 saturated heterocycles. The Bertz CT molecular complexity index is 1460. The van der Waals surface area contributed by atoms with Crippen LogP contribution in [-0.4, -0.2) is 48.0 Å². The molecule has 10 heteroatoms. The minimum absolute atomic E-state index is 0.0701. The van der Waals surface area contributed by atoms with Crippen LogP contribution < -0.4 is 0 Å². The van der Waals surface area contributed by atoms with E-state index in [2.05, 4.69) is 0 Å². The van der Waals surface area contributed by atoms with Gasteiger partial charge in [-0.15, -0.1) is 0 Å². The number of carboxylic acid groups (broad SMARTS) is 1. The highest BCUT2D eigenvalue weighted by molar-refractivity contribution is 6.30. The highest BCUT2D eigenvalue weighted by Gasteiger charge is 2.56. The summed E-state index contributed by atoms with van der Waals surface area (Å²) in [7, 11) is 1.32. The number of nitrogens with zero attached hydrogens (tertiary/aromatic N) is 1. The van der Waals surface area contributed by atoms with Gasteiger partial charge in [-0.1, -0.05) is 47.5 Å². The topological polar surface area (TPSA) is 93.1 Å². The van der Waals surface area contributed by atoms with Crippen molar-refractivity contribution in [3.63, 3.8) is 0 Å². The van der Waals surface area contributed by atoms with Gasteiger partial charge >= 0.3 is 5.97 Å². The highest BCUT2D eigenvalue weighted by Crippen LogP contribution is 2.51. The van der Waals surface area contributed by atoms with Crippen molar-refractivity contribution in [1.82, 2.24) is 4.90 Å². The van der Waals surface area contributed by atoms with Gasteiger partial charge in [0.25, 0.3) is 5.91 Å². The number of amides is 1. The van der Waals surface area contributed by atoms with E-state index in [1.807, 2.05) is 0 Å². The lowest BCUT2D eigenvalue weighted by molar-refractivity contribution is -0.142. The van der Waals surface area contributed by atoms with Crippen LogP contribution in [0.1, 0.15) is 62.7 Å². The lowest BCUT2D eigenvalue weighted by Gasteiger charge is -2.42. The number of hydrogen-bond acceptors (Lipinski definition) is 5. The molecule has 1 N–H and O–H groups in total. The van der Waals surface area contributed by atoms with Crippen LogP contribution in [0.15, 0.2) is 60.7 Å². The number of aliphatic carboxylic acids is 1. The van der Waals surface area contributed by atoms with Crippen LogP contribution in [0.5, 0.6) is 0 Å². The van der Waals surface area contributed by atoms with E-state index >= 15 is 4.39 Å². The third-order valence-electron chi connectivity index (χ3n) is 7.56. The van der Waals surface area contributed by atoms with Crippen molar-refractivity contribution in [3.8, 4) is 0 Å². The molecule has 2 atom stereocenters. The zero-order chi connectivity index (χ0) is 28.6. The number of rotatable bonds is 8. The number of hydrogen-bond donors (Lipinski definition) is 1. The number of carboxylic acids is 1. The highest BCUT2D eigenvalue weighted by atomic mass is 35.5. The Labute approximate surface area is 240 Å². The molecule has 7 nitrogen and oxygen atoms in total. The number of halogens is 3. The summed E-state index contributed by atoms with van der Waals surface area (Å²) < 4.78 is 27.7. The van der Waals surface area contributed by atoms with Crippen molar-refractivity contribution in [2.45, 2.75) is 31.0 Å². The van der Waals surface area contributed by atoms with Crippen LogP contribution >= 0.6 is 23.2 Å². The minimum Gasteiger partial charge on any atom is -0.481 e. The van der Waals surface area contributed by atoms with Gasteiger partial charge in [0.2, 0.25) is 0 Å². The number of Topliss-reactive ketones (excluding diaryl/α,β-unsaturated/α-hetero) is 1. The predicted molar refractivity (Wildman–Crippen MR) is 146 cm³/mol. The Balaban J connectivity index is 1.74. The van der Waals surface area contributed by atoms with Crippen LogP contribution in [0.2, 0.25) is 10.0 Å². The number of ether oxygens (including phenoxy) is 2. The van der Waals surface area contributed by atoms with Crippen molar-refractivity contribution in [2.24, 2.45) is 5.92 Å². The molecular formula is C30H26Cl2FNO6. The maximum absolute atomic E-state index is 16.3. The number of ketones is 1. The van der Waals surface area contributed by atoms with E-state index < -0.39 is 35.9 Å². The quantitative estimate of drug-likeness (QED) is 0.313. The number of methoxy groups -OCH3 is 1. The molecule has 0 unspecified atom stereocenters. The molecule has 5 rings (SSSR count). The standard InChI is InChI=1S/C30H26Cl2FNO6/c1-39-30(20-4-8-22(32)9-5-20)27-23(14-19(15-24(27)33)28(37)18-10-12-40-13-11-18)29(38)34(30)25(16-26(35)36)17-2-6-21(31)7-3-17/h2-9,14-15,18,25H,10-13,16H2,1H3,(H,35,36)/t25-,30+/m0/s1. The molecule has 2 aliphatic rings. The summed E-state index contributed by atoms with van der Waals surface area (Å²) in [6, 6.07) is 14.2. The summed E-state index contributed by atoms with van der Waals surface area (Å²) in [6.07, 6.45) is 0.499. The van der Waals surface area contributed by atoms with Crippen LogP contribution in [0, 0.1) is 11.7 Å². The van der Waals surface area contributed by atoms with Crippen LogP contribution in [0.3, 0.4) is 0 Å². The monoisotopic (exact) mass is 585 g/mol. The summed E-state index contributed by atoms with van der Waals surface area (Å²) in [5, 5.41) is 10.7. The molecule has 3 aromatic rings. The van der Waals surface area contributed by atoms with Crippen molar-refractivity contribution in [3.05, 3.63) is 104 Å². The zero-order valence-electron chi connectivity index (χ0n) is 21.5. The maximum atomic E-state index is 16.3.